The van der Waals surface area contributed by atoms with Crippen LogP contribution in [-0.2, 0) is 13.0 Å². The summed E-state index contributed by atoms with van der Waals surface area (Å²) < 4.78 is 5.78. The molecular weight excluding hydrogens is 332 g/mol. The Balaban J connectivity index is 1.51. The Morgan fingerprint density at radius 2 is 1.96 bits per heavy atom. The summed E-state index contributed by atoms with van der Waals surface area (Å²) >= 11 is 0. The Labute approximate surface area is 151 Å². The third kappa shape index (κ3) is 3.27. The second-order valence-corrected chi connectivity index (χ2v) is 6.82. The van der Waals surface area contributed by atoms with Crippen LogP contribution in [0.2, 0.25) is 0 Å². The second-order valence-electron chi connectivity index (χ2n) is 6.82. The molecule has 1 amide bonds. The van der Waals surface area contributed by atoms with Crippen LogP contribution in [0.3, 0.4) is 0 Å². The number of benzene rings is 1. The molecule has 0 atom stereocenters. The summed E-state index contributed by atoms with van der Waals surface area (Å²) in [6.45, 7) is 1.02. The minimum Gasteiger partial charge on any atom is -0.478 e. The van der Waals surface area contributed by atoms with Crippen molar-refractivity contribution in [3.63, 3.8) is 0 Å². The van der Waals surface area contributed by atoms with Crippen LogP contribution in [0.15, 0.2) is 36.5 Å². The van der Waals surface area contributed by atoms with E-state index in [0.29, 0.717) is 24.5 Å². The first-order valence-electron chi connectivity index (χ1n) is 8.87. The number of aromatic nitrogens is 1. The molecular formula is C20H20N2O4. The average molecular weight is 352 g/mol. The number of pyridine rings is 1. The number of hydrogen-bond acceptors (Lipinski definition) is 4. The number of ether oxygens (including phenoxy) is 1. The highest BCUT2D eigenvalue weighted by Crippen LogP contribution is 2.26. The molecule has 0 spiro atoms. The van der Waals surface area contributed by atoms with Crippen molar-refractivity contribution in [3.05, 3.63) is 58.8 Å². The van der Waals surface area contributed by atoms with E-state index in [1.165, 1.54) is 6.42 Å². The molecule has 1 saturated carbocycles. The summed E-state index contributed by atoms with van der Waals surface area (Å²) in [4.78, 5) is 30.0. The number of rotatable bonds is 4. The Hall–Kier alpha value is -2.89. The zero-order valence-corrected chi connectivity index (χ0v) is 14.4. The maximum atomic E-state index is 12.9. The molecule has 2 aliphatic rings. The average Bonchev–Trinajstić information content (AvgIpc) is 2.63. The number of fused-ring (bicyclic) bond motifs is 1. The molecule has 1 fully saturated rings. The molecule has 134 valence electrons. The van der Waals surface area contributed by atoms with Gasteiger partial charge in [-0.25, -0.2) is 9.78 Å². The molecule has 1 aromatic carbocycles. The summed E-state index contributed by atoms with van der Waals surface area (Å²) in [5.41, 5.74) is 2.79. The van der Waals surface area contributed by atoms with Gasteiger partial charge in [-0.3, -0.25) is 4.79 Å². The third-order valence-electron chi connectivity index (χ3n) is 5.07. The smallest absolute Gasteiger partial charge is 0.335 e. The first-order chi connectivity index (χ1) is 12.6. The molecule has 0 saturated heterocycles. The number of carbonyl (C=O) groups is 2. The van der Waals surface area contributed by atoms with Crippen LogP contribution >= 0.6 is 0 Å². The van der Waals surface area contributed by atoms with Crippen molar-refractivity contribution < 1.29 is 19.4 Å². The molecule has 2 heterocycles. The van der Waals surface area contributed by atoms with Crippen molar-refractivity contribution in [3.8, 4) is 5.88 Å². The first kappa shape index (κ1) is 16.6. The molecule has 1 aromatic heterocycles. The van der Waals surface area contributed by atoms with E-state index in [1.54, 1.807) is 35.4 Å². The number of hydrogen-bond donors (Lipinski definition) is 1. The van der Waals surface area contributed by atoms with Gasteiger partial charge in [0.1, 0.15) is 6.10 Å². The van der Waals surface area contributed by atoms with Crippen LogP contribution in [0.1, 0.15) is 51.1 Å². The maximum absolute atomic E-state index is 12.9. The summed E-state index contributed by atoms with van der Waals surface area (Å²) in [6, 6.07) is 8.51. The van der Waals surface area contributed by atoms with Crippen LogP contribution in [0, 0.1) is 0 Å². The van der Waals surface area contributed by atoms with Crippen LogP contribution in [-0.4, -0.2) is 39.5 Å². The fourth-order valence-electron chi connectivity index (χ4n) is 3.31. The van der Waals surface area contributed by atoms with Gasteiger partial charge in [0.05, 0.1) is 5.56 Å². The molecule has 0 bridgehead atoms. The summed E-state index contributed by atoms with van der Waals surface area (Å²) in [5.74, 6) is -0.550. The van der Waals surface area contributed by atoms with Gasteiger partial charge >= 0.3 is 5.97 Å². The van der Waals surface area contributed by atoms with Crippen molar-refractivity contribution in [2.75, 3.05) is 6.54 Å². The molecule has 0 unspecified atom stereocenters. The molecule has 6 nitrogen and oxygen atoms in total. The Kier molecular flexibility index (Phi) is 4.32. The highest BCUT2D eigenvalue weighted by Gasteiger charge is 2.24. The van der Waals surface area contributed by atoms with Crippen molar-refractivity contribution in [2.45, 2.75) is 38.3 Å². The van der Waals surface area contributed by atoms with Crippen LogP contribution in [0.25, 0.3) is 0 Å². The van der Waals surface area contributed by atoms with Gasteiger partial charge in [-0.05, 0) is 55.0 Å². The van der Waals surface area contributed by atoms with Gasteiger partial charge in [0.2, 0.25) is 5.88 Å². The van der Waals surface area contributed by atoms with Gasteiger partial charge in [-0.2, -0.15) is 0 Å². The van der Waals surface area contributed by atoms with Crippen LogP contribution in [0.5, 0.6) is 5.88 Å². The lowest BCUT2D eigenvalue weighted by Gasteiger charge is -2.29. The van der Waals surface area contributed by atoms with Gasteiger partial charge in [0.25, 0.3) is 5.91 Å². The van der Waals surface area contributed by atoms with E-state index in [1.807, 2.05) is 6.07 Å². The topological polar surface area (TPSA) is 79.7 Å². The van der Waals surface area contributed by atoms with E-state index < -0.39 is 5.97 Å². The lowest BCUT2D eigenvalue weighted by atomic mass is 9.96. The quantitative estimate of drug-likeness (QED) is 0.915. The summed E-state index contributed by atoms with van der Waals surface area (Å²) in [5, 5.41) is 9.17. The lowest BCUT2D eigenvalue weighted by molar-refractivity contribution is 0.0696. The van der Waals surface area contributed by atoms with Gasteiger partial charge in [0, 0.05) is 30.9 Å². The monoisotopic (exact) mass is 352 g/mol. The normalized spacial score (nSPS) is 16.5. The number of carbonyl (C=O) groups excluding carboxylic acids is 1. The third-order valence-corrected chi connectivity index (χ3v) is 5.07. The van der Waals surface area contributed by atoms with E-state index in [9.17, 15) is 9.59 Å². The van der Waals surface area contributed by atoms with Crippen LogP contribution in [0.4, 0.5) is 0 Å². The van der Waals surface area contributed by atoms with Crippen molar-refractivity contribution in [1.82, 2.24) is 9.88 Å². The molecule has 1 aliphatic heterocycles. The highest BCUT2D eigenvalue weighted by atomic mass is 16.5. The minimum atomic E-state index is -0.955. The molecule has 2 aromatic rings. The first-order valence-corrected chi connectivity index (χ1v) is 8.87. The maximum Gasteiger partial charge on any atom is 0.335 e. The summed E-state index contributed by atoms with van der Waals surface area (Å²) in [6.07, 6.45) is 5.78. The zero-order chi connectivity index (χ0) is 18.1. The molecule has 1 N–H and O–H groups in total. The number of nitrogens with zero attached hydrogens (tertiary/aromatic N) is 2. The van der Waals surface area contributed by atoms with E-state index in [0.717, 1.165) is 30.4 Å². The molecule has 6 heteroatoms. The Morgan fingerprint density at radius 1 is 1.12 bits per heavy atom. The van der Waals surface area contributed by atoms with E-state index in [4.69, 9.17) is 9.84 Å². The summed E-state index contributed by atoms with van der Waals surface area (Å²) in [7, 11) is 0. The van der Waals surface area contributed by atoms with Gasteiger partial charge in [-0.1, -0.05) is 6.07 Å². The fraction of sp³-hybridized carbons (Fsp3) is 0.350. The Bertz CT molecular complexity index is 861. The van der Waals surface area contributed by atoms with Crippen molar-refractivity contribution >= 4 is 11.9 Å². The number of aromatic carboxylic acids is 1. The lowest BCUT2D eigenvalue weighted by Crippen LogP contribution is -2.36. The van der Waals surface area contributed by atoms with E-state index in [2.05, 4.69) is 4.98 Å². The van der Waals surface area contributed by atoms with Crippen LogP contribution < -0.4 is 4.74 Å². The fourth-order valence-corrected chi connectivity index (χ4v) is 3.31. The van der Waals surface area contributed by atoms with E-state index >= 15 is 0 Å². The molecule has 1 aliphatic carbocycles. The SMILES string of the molecule is O=C(O)c1ccc2c(c1)CN(C(=O)c1ccnc(OC3CCC3)c1)CC2. The van der Waals surface area contributed by atoms with Gasteiger partial charge in [-0.15, -0.1) is 0 Å². The largest absolute Gasteiger partial charge is 0.478 e. The Morgan fingerprint density at radius 3 is 2.69 bits per heavy atom. The second kappa shape index (κ2) is 6.78. The van der Waals surface area contributed by atoms with Crippen molar-refractivity contribution in [2.24, 2.45) is 0 Å². The number of amides is 1. The van der Waals surface area contributed by atoms with Gasteiger partial charge in [0.15, 0.2) is 0 Å². The van der Waals surface area contributed by atoms with Crippen molar-refractivity contribution in [1.29, 1.82) is 0 Å². The number of carboxylic acid groups (broad SMARTS) is 1. The molecule has 4 rings (SSSR count). The van der Waals surface area contributed by atoms with Gasteiger partial charge < -0.3 is 14.7 Å². The predicted molar refractivity (Wildman–Crippen MR) is 94.3 cm³/mol. The predicted octanol–water partition coefficient (Wildman–Crippen LogP) is 2.91. The highest BCUT2D eigenvalue weighted by molar-refractivity contribution is 5.94. The number of carboxylic acids is 1. The molecule has 26 heavy (non-hydrogen) atoms. The molecule has 0 radical (unpaired) electrons. The van der Waals surface area contributed by atoms with E-state index in [-0.39, 0.29) is 17.6 Å². The zero-order valence-electron chi connectivity index (χ0n) is 14.4. The minimum absolute atomic E-state index is 0.0859. The standard InChI is InChI=1S/C20H20N2O4/c23-19(14-6-8-21-18(11-14)26-17-2-1-3-17)22-9-7-13-4-5-15(20(24)25)10-16(13)12-22/h4-6,8,10-11,17H,1-3,7,9,12H2,(H,24,25).